The normalized spacial score (nSPS) is 16.1. The summed E-state index contributed by atoms with van der Waals surface area (Å²) in [6.07, 6.45) is 2.54. The zero-order valence-electron chi connectivity index (χ0n) is 13.0. The minimum atomic E-state index is 0.796. The topological polar surface area (TPSA) is 37.2 Å². The third-order valence-electron chi connectivity index (χ3n) is 4.31. The maximum atomic E-state index is 5.99. The molecule has 0 spiro atoms. The summed E-state index contributed by atoms with van der Waals surface area (Å²) >= 11 is 3.50. The van der Waals surface area contributed by atoms with Gasteiger partial charge < -0.3 is 15.1 Å². The Kier molecular flexibility index (Phi) is 5.34. The zero-order valence-corrected chi connectivity index (χ0v) is 14.6. The van der Waals surface area contributed by atoms with E-state index in [2.05, 4.69) is 63.8 Å². The molecule has 0 aliphatic carbocycles. The molecule has 0 amide bonds. The van der Waals surface area contributed by atoms with Gasteiger partial charge >= 0.3 is 0 Å². The van der Waals surface area contributed by atoms with Crippen LogP contribution >= 0.6 is 15.9 Å². The molecule has 1 aromatic carbocycles. The van der Waals surface area contributed by atoms with Crippen molar-refractivity contribution in [3.63, 3.8) is 0 Å². The Hall–Kier alpha value is -1.10. The predicted octanol–water partition coefficient (Wildman–Crippen LogP) is 4.11. The highest BCUT2D eigenvalue weighted by Gasteiger charge is 2.13. The molecule has 0 unspecified atom stereocenters. The van der Waals surface area contributed by atoms with Crippen molar-refractivity contribution < 1.29 is 4.42 Å². The maximum absolute atomic E-state index is 5.99. The summed E-state index contributed by atoms with van der Waals surface area (Å²) in [5.41, 5.74) is 2.38. The molecule has 3 nitrogen and oxygen atoms in total. The number of benzene rings is 1. The van der Waals surface area contributed by atoms with Gasteiger partial charge in [0.1, 0.15) is 11.5 Å². The lowest BCUT2D eigenvalue weighted by atomic mass is 9.98. The largest absolute Gasteiger partial charge is 0.460 e. The van der Waals surface area contributed by atoms with Gasteiger partial charge in [0.15, 0.2) is 0 Å². The molecule has 0 bridgehead atoms. The summed E-state index contributed by atoms with van der Waals surface area (Å²) in [5.74, 6) is 2.75. The van der Waals surface area contributed by atoms with Crippen molar-refractivity contribution in [3.05, 3.63) is 46.1 Å². The second-order valence-corrected chi connectivity index (χ2v) is 6.97. The summed E-state index contributed by atoms with van der Waals surface area (Å²) in [4.78, 5) is 0. The van der Waals surface area contributed by atoms with Crippen LogP contribution < -0.4 is 10.6 Å². The predicted molar refractivity (Wildman–Crippen MR) is 93.9 cm³/mol. The molecule has 1 saturated heterocycles. The van der Waals surface area contributed by atoms with Gasteiger partial charge in [-0.05, 0) is 81.2 Å². The van der Waals surface area contributed by atoms with Gasteiger partial charge in [0, 0.05) is 10.0 Å². The molecule has 2 aromatic rings. The van der Waals surface area contributed by atoms with Crippen molar-refractivity contribution in [1.29, 1.82) is 0 Å². The average Bonchev–Trinajstić information content (AvgIpc) is 2.97. The number of furan rings is 1. The number of hydrogen-bond donors (Lipinski definition) is 2. The Morgan fingerprint density at radius 2 is 2.05 bits per heavy atom. The highest BCUT2D eigenvalue weighted by atomic mass is 79.9. The highest BCUT2D eigenvalue weighted by Crippen LogP contribution is 2.27. The van der Waals surface area contributed by atoms with Crippen LogP contribution in [0.4, 0.5) is 0 Å². The van der Waals surface area contributed by atoms with Crippen molar-refractivity contribution in [3.8, 4) is 11.3 Å². The van der Waals surface area contributed by atoms with E-state index in [0.717, 1.165) is 53.7 Å². The van der Waals surface area contributed by atoms with Crippen LogP contribution in [0.3, 0.4) is 0 Å². The van der Waals surface area contributed by atoms with E-state index in [-0.39, 0.29) is 0 Å². The Bertz CT molecular complexity index is 617. The van der Waals surface area contributed by atoms with Crippen LogP contribution in [0.5, 0.6) is 0 Å². The van der Waals surface area contributed by atoms with Crippen LogP contribution in [-0.4, -0.2) is 19.6 Å². The molecule has 1 aromatic heterocycles. The molecule has 0 atom stereocenters. The molecular weight excluding hydrogens is 340 g/mol. The van der Waals surface area contributed by atoms with Gasteiger partial charge in [-0.1, -0.05) is 15.9 Å². The first kappa shape index (κ1) is 15.8. The quantitative estimate of drug-likeness (QED) is 0.840. The Morgan fingerprint density at radius 3 is 2.82 bits per heavy atom. The molecule has 2 heterocycles. The lowest BCUT2D eigenvalue weighted by molar-refractivity contribution is 0.350. The summed E-state index contributed by atoms with van der Waals surface area (Å²) in [6.45, 7) is 6.30. The molecule has 0 saturated carbocycles. The SMILES string of the molecule is Cc1cc(Br)ccc1-c1ccc(CNCC2CCNCC2)o1. The van der Waals surface area contributed by atoms with Crippen LogP contribution in [0.15, 0.2) is 39.2 Å². The molecule has 118 valence electrons. The van der Waals surface area contributed by atoms with E-state index in [9.17, 15) is 0 Å². The van der Waals surface area contributed by atoms with Crippen LogP contribution in [0.2, 0.25) is 0 Å². The Labute approximate surface area is 140 Å². The first-order chi connectivity index (χ1) is 10.7. The van der Waals surface area contributed by atoms with Crippen LogP contribution in [-0.2, 0) is 6.54 Å². The molecule has 2 N–H and O–H groups in total. The summed E-state index contributed by atoms with van der Waals surface area (Å²) in [7, 11) is 0. The lowest BCUT2D eigenvalue weighted by Gasteiger charge is -2.22. The van der Waals surface area contributed by atoms with Gasteiger partial charge in [-0.3, -0.25) is 0 Å². The maximum Gasteiger partial charge on any atom is 0.134 e. The summed E-state index contributed by atoms with van der Waals surface area (Å²) in [5, 5.41) is 6.93. The first-order valence-corrected chi connectivity index (χ1v) is 8.78. The number of rotatable bonds is 5. The summed E-state index contributed by atoms with van der Waals surface area (Å²) in [6, 6.07) is 10.4. The monoisotopic (exact) mass is 362 g/mol. The van der Waals surface area contributed by atoms with Gasteiger partial charge in [-0.25, -0.2) is 0 Å². The van der Waals surface area contributed by atoms with Gasteiger partial charge in [0.25, 0.3) is 0 Å². The van der Waals surface area contributed by atoms with Crippen molar-refractivity contribution in [1.82, 2.24) is 10.6 Å². The van der Waals surface area contributed by atoms with Crippen LogP contribution in [0.25, 0.3) is 11.3 Å². The number of piperidine rings is 1. The minimum Gasteiger partial charge on any atom is -0.460 e. The fourth-order valence-electron chi connectivity index (χ4n) is 3.01. The van der Waals surface area contributed by atoms with E-state index in [4.69, 9.17) is 4.42 Å². The molecule has 4 heteroatoms. The number of halogens is 1. The van der Waals surface area contributed by atoms with E-state index < -0.39 is 0 Å². The smallest absolute Gasteiger partial charge is 0.134 e. The third-order valence-corrected chi connectivity index (χ3v) is 4.80. The number of hydrogen-bond acceptors (Lipinski definition) is 3. The van der Waals surface area contributed by atoms with Crippen molar-refractivity contribution >= 4 is 15.9 Å². The van der Waals surface area contributed by atoms with E-state index >= 15 is 0 Å². The van der Waals surface area contributed by atoms with Crippen LogP contribution in [0, 0.1) is 12.8 Å². The van der Waals surface area contributed by atoms with E-state index in [0.29, 0.717) is 0 Å². The van der Waals surface area contributed by atoms with Gasteiger partial charge in [-0.2, -0.15) is 0 Å². The zero-order chi connectivity index (χ0) is 15.4. The van der Waals surface area contributed by atoms with Crippen molar-refractivity contribution in [2.24, 2.45) is 5.92 Å². The van der Waals surface area contributed by atoms with E-state index in [1.165, 1.54) is 18.4 Å². The highest BCUT2D eigenvalue weighted by molar-refractivity contribution is 9.10. The standard InChI is InChI=1S/C18H23BrN2O/c1-13-10-15(19)2-4-17(13)18-5-3-16(22-18)12-21-11-14-6-8-20-9-7-14/h2-5,10,14,20-21H,6-9,11-12H2,1H3. The molecule has 0 radical (unpaired) electrons. The Balaban J connectivity index is 1.56. The first-order valence-electron chi connectivity index (χ1n) is 7.99. The second-order valence-electron chi connectivity index (χ2n) is 6.05. The summed E-state index contributed by atoms with van der Waals surface area (Å²) < 4.78 is 7.09. The van der Waals surface area contributed by atoms with Gasteiger partial charge in [-0.15, -0.1) is 0 Å². The van der Waals surface area contributed by atoms with E-state index in [1.807, 2.05) is 0 Å². The molecule has 1 fully saturated rings. The molecule has 3 rings (SSSR count). The Morgan fingerprint density at radius 1 is 1.23 bits per heavy atom. The third kappa shape index (κ3) is 4.00. The molecule has 1 aliphatic rings. The number of nitrogens with one attached hydrogen (secondary N) is 2. The number of aryl methyl sites for hydroxylation is 1. The fraction of sp³-hybridized carbons (Fsp3) is 0.444. The van der Waals surface area contributed by atoms with Crippen molar-refractivity contribution in [2.75, 3.05) is 19.6 Å². The average molecular weight is 363 g/mol. The molecule has 1 aliphatic heterocycles. The van der Waals surface area contributed by atoms with Gasteiger partial charge in [0.2, 0.25) is 0 Å². The fourth-order valence-corrected chi connectivity index (χ4v) is 3.48. The molecule has 22 heavy (non-hydrogen) atoms. The van der Waals surface area contributed by atoms with Crippen LogP contribution in [0.1, 0.15) is 24.2 Å². The van der Waals surface area contributed by atoms with E-state index in [1.54, 1.807) is 0 Å². The lowest BCUT2D eigenvalue weighted by Crippen LogP contribution is -2.33. The second kappa shape index (κ2) is 7.44. The molecular formula is C18H23BrN2O. The van der Waals surface area contributed by atoms with Gasteiger partial charge in [0.05, 0.1) is 6.54 Å². The minimum absolute atomic E-state index is 0.796. The van der Waals surface area contributed by atoms with Crippen molar-refractivity contribution in [2.45, 2.75) is 26.3 Å².